The van der Waals surface area contributed by atoms with Crippen LogP contribution in [0.1, 0.15) is 38.2 Å². The number of likely N-dealkylation sites (tertiary alicyclic amines) is 1. The Morgan fingerprint density at radius 3 is 2.56 bits per heavy atom. The number of hydrogen-bond acceptors (Lipinski definition) is 3. The number of benzene rings is 1. The topological polar surface area (TPSA) is 61.4 Å². The number of carbonyl (C=O) groups excluding carboxylic acids is 2. The predicted molar refractivity (Wildman–Crippen MR) is 100 cm³/mol. The van der Waals surface area contributed by atoms with E-state index in [0.717, 1.165) is 45.4 Å². The van der Waals surface area contributed by atoms with E-state index in [0.29, 0.717) is 12.5 Å². The summed E-state index contributed by atoms with van der Waals surface area (Å²) in [5, 5.41) is 5.78. The molecule has 2 N–H and O–H groups in total. The van der Waals surface area contributed by atoms with Crippen LogP contribution in [-0.2, 0) is 16.0 Å². The molecule has 2 rings (SSSR count). The van der Waals surface area contributed by atoms with Crippen molar-refractivity contribution in [1.82, 2.24) is 15.5 Å². The summed E-state index contributed by atoms with van der Waals surface area (Å²) >= 11 is 0. The Morgan fingerprint density at radius 1 is 1.12 bits per heavy atom. The highest BCUT2D eigenvalue weighted by molar-refractivity contribution is 5.83. The third-order valence-electron chi connectivity index (χ3n) is 4.67. The first-order valence-electron chi connectivity index (χ1n) is 9.47. The molecule has 0 bridgehead atoms. The van der Waals surface area contributed by atoms with E-state index in [9.17, 15) is 9.59 Å². The molecule has 5 heteroatoms. The van der Waals surface area contributed by atoms with Crippen molar-refractivity contribution in [1.29, 1.82) is 0 Å². The number of carbonyl (C=O) groups is 2. The van der Waals surface area contributed by atoms with Gasteiger partial charge in [0, 0.05) is 39.0 Å². The fourth-order valence-corrected chi connectivity index (χ4v) is 3.14. The molecule has 5 nitrogen and oxygen atoms in total. The van der Waals surface area contributed by atoms with E-state index in [1.54, 1.807) is 0 Å². The first-order chi connectivity index (χ1) is 12.2. The van der Waals surface area contributed by atoms with Gasteiger partial charge in [0.15, 0.2) is 0 Å². The van der Waals surface area contributed by atoms with Crippen LogP contribution in [0.5, 0.6) is 0 Å². The summed E-state index contributed by atoms with van der Waals surface area (Å²) in [5.41, 5.74) is 1.38. The van der Waals surface area contributed by atoms with Gasteiger partial charge in [0.25, 0.3) is 0 Å². The van der Waals surface area contributed by atoms with E-state index in [4.69, 9.17) is 0 Å². The number of amides is 2. The van der Waals surface area contributed by atoms with Crippen molar-refractivity contribution >= 4 is 11.8 Å². The second-order valence-electron chi connectivity index (χ2n) is 6.84. The van der Waals surface area contributed by atoms with Crippen LogP contribution >= 0.6 is 0 Å². The Morgan fingerprint density at radius 2 is 1.84 bits per heavy atom. The van der Waals surface area contributed by atoms with Gasteiger partial charge < -0.3 is 15.5 Å². The number of rotatable bonds is 10. The predicted octanol–water partition coefficient (Wildman–Crippen LogP) is 1.97. The number of nitrogens with one attached hydrogen (secondary N) is 2. The molecule has 2 amide bonds. The van der Waals surface area contributed by atoms with Gasteiger partial charge in [-0.3, -0.25) is 9.59 Å². The third kappa shape index (κ3) is 7.69. The number of nitrogens with zero attached hydrogens (tertiary/aromatic N) is 1. The molecule has 0 radical (unpaired) electrons. The van der Waals surface area contributed by atoms with Crippen molar-refractivity contribution in [3.05, 3.63) is 35.9 Å². The zero-order valence-corrected chi connectivity index (χ0v) is 15.3. The van der Waals surface area contributed by atoms with E-state index in [2.05, 4.69) is 39.8 Å². The summed E-state index contributed by atoms with van der Waals surface area (Å²) in [6.07, 6.45) is 3.68. The lowest BCUT2D eigenvalue weighted by atomic mass is 10.1. The molecule has 1 heterocycles. The first-order valence-corrected chi connectivity index (χ1v) is 9.47. The van der Waals surface area contributed by atoms with Crippen molar-refractivity contribution in [3.8, 4) is 0 Å². The highest BCUT2D eigenvalue weighted by Gasteiger charge is 2.22. The number of hydrogen-bond donors (Lipinski definition) is 2. The van der Waals surface area contributed by atoms with Gasteiger partial charge in [-0.1, -0.05) is 37.3 Å². The standard InChI is InChI=1S/C20H31N3O2/c1-2-12-21-19(24)8-9-20(25)22-15-18-11-14-23(16-18)13-10-17-6-4-3-5-7-17/h3-7,18H,2,8-16H2,1H3,(H,21,24)(H,22,25). The Labute approximate surface area is 151 Å². The molecule has 0 aromatic heterocycles. The average Bonchev–Trinajstić information content (AvgIpc) is 3.10. The van der Waals surface area contributed by atoms with E-state index >= 15 is 0 Å². The molecule has 1 saturated heterocycles. The van der Waals surface area contributed by atoms with Crippen molar-refractivity contribution in [2.45, 2.75) is 39.0 Å². The minimum absolute atomic E-state index is 0.0191. The summed E-state index contributed by atoms with van der Waals surface area (Å²) in [7, 11) is 0. The van der Waals surface area contributed by atoms with Crippen molar-refractivity contribution in [2.75, 3.05) is 32.7 Å². The van der Waals surface area contributed by atoms with E-state index in [1.165, 1.54) is 5.56 Å². The highest BCUT2D eigenvalue weighted by atomic mass is 16.2. The molecule has 1 atom stereocenters. The van der Waals surface area contributed by atoms with Gasteiger partial charge in [0.2, 0.25) is 11.8 Å². The van der Waals surface area contributed by atoms with Gasteiger partial charge in [-0.25, -0.2) is 0 Å². The van der Waals surface area contributed by atoms with Crippen LogP contribution in [0.3, 0.4) is 0 Å². The minimum atomic E-state index is -0.0371. The van der Waals surface area contributed by atoms with Gasteiger partial charge in [0.05, 0.1) is 0 Å². The lowest BCUT2D eigenvalue weighted by Crippen LogP contribution is -2.32. The molecular weight excluding hydrogens is 314 g/mol. The van der Waals surface area contributed by atoms with Crippen LogP contribution < -0.4 is 10.6 Å². The molecule has 1 fully saturated rings. The SMILES string of the molecule is CCCNC(=O)CCC(=O)NCC1CCN(CCc2ccccc2)C1. The monoisotopic (exact) mass is 345 g/mol. The van der Waals surface area contributed by atoms with Gasteiger partial charge in [-0.2, -0.15) is 0 Å². The Hall–Kier alpha value is -1.88. The lowest BCUT2D eigenvalue weighted by molar-refractivity contribution is -0.126. The minimum Gasteiger partial charge on any atom is -0.356 e. The van der Waals surface area contributed by atoms with Crippen molar-refractivity contribution in [2.24, 2.45) is 5.92 Å². The normalized spacial score (nSPS) is 17.4. The largest absolute Gasteiger partial charge is 0.356 e. The molecule has 1 aliphatic heterocycles. The lowest BCUT2D eigenvalue weighted by Gasteiger charge is -2.16. The van der Waals surface area contributed by atoms with Gasteiger partial charge >= 0.3 is 0 Å². The second-order valence-corrected chi connectivity index (χ2v) is 6.84. The summed E-state index contributed by atoms with van der Waals surface area (Å²) in [4.78, 5) is 25.8. The van der Waals surface area contributed by atoms with Crippen LogP contribution in [0, 0.1) is 5.92 Å². The molecule has 0 saturated carbocycles. The highest BCUT2D eigenvalue weighted by Crippen LogP contribution is 2.16. The second kappa shape index (κ2) is 10.9. The van der Waals surface area contributed by atoms with Gasteiger partial charge in [0.1, 0.15) is 0 Å². The summed E-state index contributed by atoms with van der Waals surface area (Å²) in [6, 6.07) is 10.6. The smallest absolute Gasteiger partial charge is 0.220 e. The maximum Gasteiger partial charge on any atom is 0.220 e. The van der Waals surface area contributed by atoms with Crippen LogP contribution in [0.2, 0.25) is 0 Å². The molecule has 25 heavy (non-hydrogen) atoms. The van der Waals surface area contributed by atoms with E-state index in [1.807, 2.05) is 13.0 Å². The Kier molecular flexibility index (Phi) is 8.46. The van der Waals surface area contributed by atoms with Crippen LogP contribution in [-0.4, -0.2) is 49.4 Å². The molecule has 138 valence electrons. The molecule has 1 aromatic carbocycles. The average molecular weight is 345 g/mol. The molecule has 1 aromatic rings. The molecule has 1 aliphatic rings. The third-order valence-corrected chi connectivity index (χ3v) is 4.67. The molecular formula is C20H31N3O2. The summed E-state index contributed by atoms with van der Waals surface area (Å²) < 4.78 is 0. The quantitative estimate of drug-likeness (QED) is 0.682. The zero-order valence-electron chi connectivity index (χ0n) is 15.3. The van der Waals surface area contributed by atoms with E-state index < -0.39 is 0 Å². The van der Waals surface area contributed by atoms with Gasteiger partial charge in [-0.15, -0.1) is 0 Å². The maximum atomic E-state index is 11.9. The van der Waals surface area contributed by atoms with Crippen LogP contribution in [0.25, 0.3) is 0 Å². The Bertz CT molecular complexity index is 533. The molecule has 0 spiro atoms. The van der Waals surface area contributed by atoms with E-state index in [-0.39, 0.29) is 24.7 Å². The van der Waals surface area contributed by atoms with Crippen molar-refractivity contribution in [3.63, 3.8) is 0 Å². The summed E-state index contributed by atoms with van der Waals surface area (Å²) in [5.74, 6) is 0.466. The molecule has 1 unspecified atom stereocenters. The maximum absolute atomic E-state index is 11.9. The van der Waals surface area contributed by atoms with Crippen LogP contribution in [0.4, 0.5) is 0 Å². The fraction of sp³-hybridized carbons (Fsp3) is 0.600. The fourth-order valence-electron chi connectivity index (χ4n) is 3.14. The zero-order chi connectivity index (χ0) is 17.9. The van der Waals surface area contributed by atoms with Gasteiger partial charge in [-0.05, 0) is 37.3 Å². The Balaban J connectivity index is 1.56. The van der Waals surface area contributed by atoms with Crippen molar-refractivity contribution < 1.29 is 9.59 Å². The first kappa shape index (κ1) is 19.4. The summed E-state index contributed by atoms with van der Waals surface area (Å²) in [6.45, 7) is 6.64. The molecule has 0 aliphatic carbocycles. The van der Waals surface area contributed by atoms with Crippen LogP contribution in [0.15, 0.2) is 30.3 Å².